The zero-order chi connectivity index (χ0) is 24.7. The van der Waals surface area contributed by atoms with Crippen LogP contribution in [-0.2, 0) is 25.7 Å². The highest BCUT2D eigenvalue weighted by Gasteiger charge is 2.30. The lowest BCUT2D eigenvalue weighted by Gasteiger charge is -2.26. The summed E-state index contributed by atoms with van der Waals surface area (Å²) in [7, 11) is 0. The number of furan rings is 1. The van der Waals surface area contributed by atoms with Crippen molar-refractivity contribution < 1.29 is 17.6 Å². The fourth-order valence-electron chi connectivity index (χ4n) is 4.06. The average Bonchev–Trinajstić information content (AvgIpc) is 3.29. The van der Waals surface area contributed by atoms with Gasteiger partial charge in [-0.25, -0.2) is 4.98 Å². The molecule has 5 rings (SSSR count). The molecule has 2 aromatic heterocycles. The number of nitrogens with zero attached hydrogens (tertiary/aromatic N) is 2. The number of benzene rings is 2. The van der Waals surface area contributed by atoms with Gasteiger partial charge in [0.05, 0.1) is 33.4 Å². The van der Waals surface area contributed by atoms with E-state index >= 15 is 0 Å². The maximum absolute atomic E-state index is 12.8. The van der Waals surface area contributed by atoms with Crippen molar-refractivity contribution in [2.45, 2.75) is 25.7 Å². The summed E-state index contributed by atoms with van der Waals surface area (Å²) >= 11 is 12.1. The maximum Gasteiger partial charge on any atom is 0.416 e. The van der Waals surface area contributed by atoms with Crippen LogP contribution in [-0.4, -0.2) is 21.4 Å². The highest BCUT2D eigenvalue weighted by Crippen LogP contribution is 2.31. The predicted octanol–water partition coefficient (Wildman–Crippen LogP) is 6.58. The van der Waals surface area contributed by atoms with Gasteiger partial charge in [0.1, 0.15) is 17.3 Å². The average molecular weight is 520 g/mol. The van der Waals surface area contributed by atoms with E-state index in [1.165, 1.54) is 12.1 Å². The smallest absolute Gasteiger partial charge is 0.416 e. The van der Waals surface area contributed by atoms with Gasteiger partial charge in [-0.1, -0.05) is 35.3 Å². The molecule has 0 radical (unpaired) electrons. The van der Waals surface area contributed by atoms with Crippen LogP contribution in [0.15, 0.2) is 63.8 Å². The van der Waals surface area contributed by atoms with Crippen molar-refractivity contribution >= 4 is 23.2 Å². The van der Waals surface area contributed by atoms with Crippen LogP contribution >= 0.6 is 23.2 Å². The van der Waals surface area contributed by atoms with Crippen LogP contribution in [0.5, 0.6) is 0 Å². The van der Waals surface area contributed by atoms with Gasteiger partial charge in [0.2, 0.25) is 0 Å². The first-order chi connectivity index (χ1) is 16.7. The van der Waals surface area contributed by atoms with Crippen LogP contribution in [0.1, 0.15) is 22.6 Å². The molecule has 0 bridgehead atoms. The topological polar surface area (TPSA) is 62.1 Å². The number of aromatic nitrogens is 2. The Morgan fingerprint density at radius 3 is 2.46 bits per heavy atom. The third kappa shape index (κ3) is 5.00. The molecule has 0 atom stereocenters. The van der Waals surface area contributed by atoms with E-state index in [2.05, 4.69) is 14.9 Å². The lowest BCUT2D eigenvalue weighted by molar-refractivity contribution is -0.137. The van der Waals surface area contributed by atoms with E-state index in [0.29, 0.717) is 58.7 Å². The molecule has 3 heterocycles. The second-order valence-electron chi connectivity index (χ2n) is 8.27. The fourth-order valence-corrected chi connectivity index (χ4v) is 4.36. The summed E-state index contributed by atoms with van der Waals surface area (Å²) in [6, 6.07) is 13.6. The highest BCUT2D eigenvalue weighted by molar-refractivity contribution is 6.42. The molecule has 4 aromatic rings. The SMILES string of the molecule is O=c1[nH]c(-c2ccc(C(F)(F)F)cc2)nc2c1CN(Cc1ccc(-c3ccc(Cl)c(Cl)c3)o1)CC2. The Hall–Kier alpha value is -3.07. The molecule has 1 N–H and O–H groups in total. The van der Waals surface area contributed by atoms with E-state index < -0.39 is 11.7 Å². The molecule has 0 aliphatic carbocycles. The third-order valence-corrected chi connectivity index (χ3v) is 6.62. The van der Waals surface area contributed by atoms with Crippen LogP contribution in [0.2, 0.25) is 10.0 Å². The largest absolute Gasteiger partial charge is 0.460 e. The van der Waals surface area contributed by atoms with Crippen molar-refractivity contribution in [1.82, 2.24) is 14.9 Å². The Kier molecular flexibility index (Phi) is 6.21. The number of alkyl halides is 3. The molecule has 0 fully saturated rings. The minimum absolute atomic E-state index is 0.258. The van der Waals surface area contributed by atoms with Gasteiger partial charge in [0.25, 0.3) is 5.56 Å². The fraction of sp³-hybridized carbons (Fsp3) is 0.200. The predicted molar refractivity (Wildman–Crippen MR) is 127 cm³/mol. The van der Waals surface area contributed by atoms with E-state index in [0.717, 1.165) is 23.5 Å². The number of hydrogen-bond acceptors (Lipinski definition) is 4. The molecule has 0 amide bonds. The number of halogens is 5. The Bertz CT molecular complexity index is 1450. The number of hydrogen-bond donors (Lipinski definition) is 1. The molecule has 1 aliphatic heterocycles. The Morgan fingerprint density at radius 2 is 1.74 bits per heavy atom. The highest BCUT2D eigenvalue weighted by atomic mass is 35.5. The van der Waals surface area contributed by atoms with Crippen LogP contribution < -0.4 is 5.56 Å². The van der Waals surface area contributed by atoms with Crippen molar-refractivity contribution in [1.29, 1.82) is 0 Å². The molecule has 180 valence electrons. The second-order valence-corrected chi connectivity index (χ2v) is 9.08. The molecule has 10 heteroatoms. The summed E-state index contributed by atoms with van der Waals surface area (Å²) in [6.07, 6.45) is -3.89. The standard InChI is InChI=1S/C25H18Cl2F3N3O2/c26-19-7-3-15(11-20(19)27)22-8-6-17(35-22)12-33-10-9-21-18(13-33)24(34)32-23(31-21)14-1-4-16(5-2-14)25(28,29)30/h1-8,11H,9-10,12-13H2,(H,31,32,34). The summed E-state index contributed by atoms with van der Waals surface area (Å²) < 4.78 is 44.5. The number of aromatic amines is 1. The van der Waals surface area contributed by atoms with Gasteiger partial charge in [-0.2, -0.15) is 13.2 Å². The number of nitrogens with one attached hydrogen (secondary N) is 1. The van der Waals surface area contributed by atoms with E-state index in [-0.39, 0.29) is 11.4 Å². The molecule has 2 aromatic carbocycles. The van der Waals surface area contributed by atoms with E-state index in [1.807, 2.05) is 18.2 Å². The number of rotatable bonds is 4. The molecule has 0 saturated carbocycles. The van der Waals surface area contributed by atoms with Gasteiger partial charge >= 0.3 is 6.18 Å². The van der Waals surface area contributed by atoms with E-state index in [1.54, 1.807) is 12.1 Å². The van der Waals surface area contributed by atoms with Crippen LogP contribution in [0.4, 0.5) is 13.2 Å². The quantitative estimate of drug-likeness (QED) is 0.330. The minimum Gasteiger partial charge on any atom is -0.460 e. The van der Waals surface area contributed by atoms with Crippen molar-refractivity contribution in [3.8, 4) is 22.7 Å². The summed E-state index contributed by atoms with van der Waals surface area (Å²) in [5, 5.41) is 0.909. The minimum atomic E-state index is -4.42. The Balaban J connectivity index is 1.31. The number of H-pyrrole nitrogens is 1. The molecular weight excluding hydrogens is 502 g/mol. The van der Waals surface area contributed by atoms with Gasteiger partial charge < -0.3 is 9.40 Å². The molecule has 0 spiro atoms. The van der Waals surface area contributed by atoms with Crippen molar-refractivity contribution in [3.05, 3.63) is 97.6 Å². The Labute approximate surface area is 208 Å². The first-order valence-electron chi connectivity index (χ1n) is 10.7. The summed E-state index contributed by atoms with van der Waals surface area (Å²) in [5.74, 6) is 1.66. The zero-order valence-electron chi connectivity index (χ0n) is 18.1. The molecular formula is C25H18Cl2F3N3O2. The van der Waals surface area contributed by atoms with E-state index in [9.17, 15) is 18.0 Å². The second kappa shape index (κ2) is 9.18. The third-order valence-electron chi connectivity index (χ3n) is 5.88. The van der Waals surface area contributed by atoms with Gasteiger partial charge in [-0.15, -0.1) is 0 Å². The summed E-state index contributed by atoms with van der Waals surface area (Å²) in [4.78, 5) is 22.1. The van der Waals surface area contributed by atoms with Crippen molar-refractivity contribution in [3.63, 3.8) is 0 Å². The first-order valence-corrected chi connectivity index (χ1v) is 11.5. The zero-order valence-corrected chi connectivity index (χ0v) is 19.6. The van der Waals surface area contributed by atoms with Gasteiger partial charge in [-0.3, -0.25) is 9.69 Å². The lowest BCUT2D eigenvalue weighted by atomic mass is 10.1. The molecule has 0 saturated heterocycles. The van der Waals surface area contributed by atoms with E-state index in [4.69, 9.17) is 27.6 Å². The summed E-state index contributed by atoms with van der Waals surface area (Å²) in [6.45, 7) is 1.54. The van der Waals surface area contributed by atoms with Gasteiger partial charge in [0.15, 0.2) is 0 Å². The lowest BCUT2D eigenvalue weighted by Crippen LogP contribution is -2.35. The molecule has 35 heavy (non-hydrogen) atoms. The molecule has 1 aliphatic rings. The van der Waals surface area contributed by atoms with Crippen molar-refractivity contribution in [2.24, 2.45) is 0 Å². The monoisotopic (exact) mass is 519 g/mol. The molecule has 5 nitrogen and oxygen atoms in total. The normalized spacial score (nSPS) is 14.2. The molecule has 0 unspecified atom stereocenters. The first kappa shape index (κ1) is 23.7. The maximum atomic E-state index is 12.8. The van der Waals surface area contributed by atoms with Crippen molar-refractivity contribution in [2.75, 3.05) is 6.54 Å². The van der Waals surface area contributed by atoms with Crippen LogP contribution in [0.25, 0.3) is 22.7 Å². The van der Waals surface area contributed by atoms with Gasteiger partial charge in [-0.05, 0) is 42.5 Å². The van der Waals surface area contributed by atoms with Gasteiger partial charge in [0, 0.05) is 30.6 Å². The van der Waals surface area contributed by atoms with Crippen LogP contribution in [0, 0.1) is 0 Å². The number of fused-ring (bicyclic) bond motifs is 1. The van der Waals surface area contributed by atoms with Crippen LogP contribution in [0.3, 0.4) is 0 Å². The summed E-state index contributed by atoms with van der Waals surface area (Å²) in [5.41, 5.74) is 1.37. The Morgan fingerprint density at radius 1 is 1.00 bits per heavy atom.